The molecule has 0 unspecified atom stereocenters. The van der Waals surface area contributed by atoms with E-state index in [1.165, 1.54) is 0 Å². The first-order valence-electron chi connectivity index (χ1n) is 3.40. The molecule has 1 aromatic rings. The van der Waals surface area contributed by atoms with E-state index in [1.54, 1.807) is 6.07 Å². The molecule has 5 heteroatoms. The molecule has 1 rings (SSSR count). The maximum atomic E-state index is 12.7. The summed E-state index contributed by atoms with van der Waals surface area (Å²) in [5.74, 6) is -3.47. The summed E-state index contributed by atoms with van der Waals surface area (Å²) >= 11 is 0. The van der Waals surface area contributed by atoms with Gasteiger partial charge < -0.3 is 10.8 Å². The standard InChI is InChI=1S/C8H6F2N2O/c9-5-2-1-4(6(12)3-11)8(13)7(5)10/h1-2,6,13H,12H2/t6-/m0/s1. The third kappa shape index (κ3) is 1.58. The molecule has 0 fully saturated rings. The van der Waals surface area contributed by atoms with Gasteiger partial charge in [-0.15, -0.1) is 0 Å². The van der Waals surface area contributed by atoms with Crippen LogP contribution in [0.1, 0.15) is 11.6 Å². The molecule has 0 radical (unpaired) electrons. The molecule has 0 bridgehead atoms. The minimum atomic E-state index is -1.39. The fourth-order valence-corrected chi connectivity index (χ4v) is 0.875. The lowest BCUT2D eigenvalue weighted by molar-refractivity contribution is 0.400. The first-order chi connectivity index (χ1) is 6.07. The van der Waals surface area contributed by atoms with Crippen molar-refractivity contribution in [1.82, 2.24) is 0 Å². The van der Waals surface area contributed by atoms with Crippen LogP contribution in [0.25, 0.3) is 0 Å². The minimum absolute atomic E-state index is 0.124. The zero-order chi connectivity index (χ0) is 10.0. The van der Waals surface area contributed by atoms with Crippen molar-refractivity contribution in [3.05, 3.63) is 29.3 Å². The average molecular weight is 184 g/mol. The van der Waals surface area contributed by atoms with Gasteiger partial charge in [-0.25, -0.2) is 4.39 Å². The second-order valence-corrected chi connectivity index (χ2v) is 2.41. The van der Waals surface area contributed by atoms with Gasteiger partial charge in [-0.3, -0.25) is 0 Å². The molecule has 3 N–H and O–H groups in total. The number of hydrogen-bond acceptors (Lipinski definition) is 3. The van der Waals surface area contributed by atoms with Crippen LogP contribution in [0.2, 0.25) is 0 Å². The zero-order valence-corrected chi connectivity index (χ0v) is 6.46. The highest BCUT2D eigenvalue weighted by atomic mass is 19.2. The Balaban J connectivity index is 3.28. The third-order valence-electron chi connectivity index (χ3n) is 1.57. The van der Waals surface area contributed by atoms with E-state index in [0.717, 1.165) is 12.1 Å². The number of halogens is 2. The number of nitriles is 1. The van der Waals surface area contributed by atoms with E-state index >= 15 is 0 Å². The molecule has 0 spiro atoms. The van der Waals surface area contributed by atoms with Crippen molar-refractivity contribution >= 4 is 0 Å². The van der Waals surface area contributed by atoms with Crippen LogP contribution in [0, 0.1) is 23.0 Å². The van der Waals surface area contributed by atoms with E-state index in [-0.39, 0.29) is 5.56 Å². The fourth-order valence-electron chi connectivity index (χ4n) is 0.875. The van der Waals surface area contributed by atoms with Gasteiger partial charge in [0.25, 0.3) is 0 Å². The number of phenolic OH excluding ortho intramolecular Hbond substituents is 1. The molecule has 0 aliphatic heterocycles. The Morgan fingerprint density at radius 1 is 1.46 bits per heavy atom. The van der Waals surface area contributed by atoms with Crippen molar-refractivity contribution in [3.63, 3.8) is 0 Å². The van der Waals surface area contributed by atoms with E-state index in [9.17, 15) is 8.78 Å². The van der Waals surface area contributed by atoms with Crippen molar-refractivity contribution in [2.24, 2.45) is 5.73 Å². The lowest BCUT2D eigenvalue weighted by Crippen LogP contribution is -2.08. The molecule has 0 aliphatic carbocycles. The van der Waals surface area contributed by atoms with Crippen LogP contribution in [0.15, 0.2) is 12.1 Å². The van der Waals surface area contributed by atoms with Gasteiger partial charge >= 0.3 is 0 Å². The Morgan fingerprint density at radius 3 is 2.62 bits per heavy atom. The number of nitrogens with two attached hydrogens (primary N) is 1. The summed E-state index contributed by atoms with van der Waals surface area (Å²) < 4.78 is 25.2. The maximum Gasteiger partial charge on any atom is 0.200 e. The second kappa shape index (κ2) is 3.37. The maximum absolute atomic E-state index is 12.7. The SMILES string of the molecule is N#C[C@H](N)c1ccc(F)c(F)c1O. The summed E-state index contributed by atoms with van der Waals surface area (Å²) in [5.41, 5.74) is 5.08. The summed E-state index contributed by atoms with van der Waals surface area (Å²) in [7, 11) is 0. The van der Waals surface area contributed by atoms with Crippen molar-refractivity contribution in [2.75, 3.05) is 0 Å². The molecule has 0 amide bonds. The first kappa shape index (κ1) is 9.42. The summed E-state index contributed by atoms with van der Waals surface area (Å²) in [5, 5.41) is 17.4. The summed E-state index contributed by atoms with van der Waals surface area (Å²) in [6.45, 7) is 0. The number of nitrogens with zero attached hydrogens (tertiary/aromatic N) is 1. The van der Waals surface area contributed by atoms with Gasteiger partial charge in [0.05, 0.1) is 6.07 Å². The molecular weight excluding hydrogens is 178 g/mol. The van der Waals surface area contributed by atoms with E-state index in [2.05, 4.69) is 0 Å². The third-order valence-corrected chi connectivity index (χ3v) is 1.57. The Labute approximate surface area is 73.0 Å². The topological polar surface area (TPSA) is 70.0 Å². The van der Waals surface area contributed by atoms with Crippen molar-refractivity contribution in [1.29, 1.82) is 5.26 Å². The van der Waals surface area contributed by atoms with Crippen molar-refractivity contribution < 1.29 is 13.9 Å². The fraction of sp³-hybridized carbons (Fsp3) is 0.125. The Bertz CT molecular complexity index is 373. The lowest BCUT2D eigenvalue weighted by Gasteiger charge is -2.06. The molecule has 3 nitrogen and oxygen atoms in total. The molecule has 13 heavy (non-hydrogen) atoms. The Hall–Kier alpha value is -1.67. The van der Waals surface area contributed by atoms with E-state index in [1.807, 2.05) is 0 Å². The summed E-state index contributed by atoms with van der Waals surface area (Å²) in [4.78, 5) is 0. The zero-order valence-electron chi connectivity index (χ0n) is 6.46. The Morgan fingerprint density at radius 2 is 2.08 bits per heavy atom. The summed E-state index contributed by atoms with van der Waals surface area (Å²) in [6.07, 6.45) is 0. The normalized spacial score (nSPS) is 12.2. The van der Waals surface area contributed by atoms with Crippen molar-refractivity contribution in [2.45, 2.75) is 6.04 Å². The van der Waals surface area contributed by atoms with Crippen LogP contribution in [0.5, 0.6) is 5.75 Å². The molecular formula is C8H6F2N2O. The molecule has 0 aromatic heterocycles. The van der Waals surface area contributed by atoms with Gasteiger partial charge in [0.2, 0.25) is 5.82 Å². The van der Waals surface area contributed by atoms with Crippen LogP contribution in [0.3, 0.4) is 0 Å². The predicted octanol–water partition coefficient (Wildman–Crippen LogP) is 1.19. The van der Waals surface area contributed by atoms with E-state index < -0.39 is 23.4 Å². The Kier molecular flexibility index (Phi) is 2.44. The first-order valence-corrected chi connectivity index (χ1v) is 3.40. The summed E-state index contributed by atoms with van der Waals surface area (Å²) in [6, 6.07) is 2.32. The molecule has 0 aliphatic rings. The van der Waals surface area contributed by atoms with E-state index in [0.29, 0.717) is 0 Å². The highest BCUT2D eigenvalue weighted by Crippen LogP contribution is 2.27. The van der Waals surface area contributed by atoms with Gasteiger partial charge in [-0.05, 0) is 12.1 Å². The largest absolute Gasteiger partial charge is 0.504 e. The van der Waals surface area contributed by atoms with Crippen LogP contribution in [0.4, 0.5) is 8.78 Å². The second-order valence-electron chi connectivity index (χ2n) is 2.41. The molecule has 1 aromatic carbocycles. The number of aromatic hydroxyl groups is 1. The van der Waals surface area contributed by atoms with Gasteiger partial charge in [0.1, 0.15) is 6.04 Å². The quantitative estimate of drug-likeness (QED) is 0.688. The van der Waals surface area contributed by atoms with Crippen molar-refractivity contribution in [3.8, 4) is 11.8 Å². The van der Waals surface area contributed by atoms with Gasteiger partial charge in [-0.1, -0.05) is 0 Å². The van der Waals surface area contributed by atoms with Gasteiger partial charge in [0.15, 0.2) is 11.6 Å². The van der Waals surface area contributed by atoms with Gasteiger partial charge in [-0.2, -0.15) is 9.65 Å². The van der Waals surface area contributed by atoms with E-state index in [4.69, 9.17) is 16.1 Å². The number of hydrogen-bond donors (Lipinski definition) is 2. The molecule has 0 saturated carbocycles. The van der Waals surface area contributed by atoms with Crippen LogP contribution in [-0.4, -0.2) is 5.11 Å². The molecule has 0 heterocycles. The average Bonchev–Trinajstić information content (AvgIpc) is 2.13. The number of rotatable bonds is 1. The highest BCUT2D eigenvalue weighted by molar-refractivity contribution is 5.38. The van der Waals surface area contributed by atoms with Crippen LogP contribution >= 0.6 is 0 Å². The predicted molar refractivity (Wildman–Crippen MR) is 40.6 cm³/mol. The monoisotopic (exact) mass is 184 g/mol. The van der Waals surface area contributed by atoms with Gasteiger partial charge in [0, 0.05) is 5.56 Å². The van der Waals surface area contributed by atoms with Crippen LogP contribution < -0.4 is 5.73 Å². The lowest BCUT2D eigenvalue weighted by atomic mass is 10.1. The molecule has 0 saturated heterocycles. The smallest absolute Gasteiger partial charge is 0.200 e. The highest BCUT2D eigenvalue weighted by Gasteiger charge is 2.16. The molecule has 1 atom stereocenters. The number of phenols is 1. The van der Waals surface area contributed by atoms with Crippen LogP contribution in [-0.2, 0) is 0 Å². The number of benzene rings is 1. The molecule has 68 valence electrons. The minimum Gasteiger partial charge on any atom is -0.504 e.